The molecule has 38 heavy (non-hydrogen) atoms. The Morgan fingerprint density at radius 1 is 0.947 bits per heavy atom. The second-order valence-electron chi connectivity index (χ2n) is 9.20. The van der Waals surface area contributed by atoms with E-state index in [0.717, 1.165) is 28.1 Å². The predicted octanol–water partition coefficient (Wildman–Crippen LogP) is 7.34. The van der Waals surface area contributed by atoms with Crippen LogP contribution in [-0.2, 0) is 4.79 Å². The summed E-state index contributed by atoms with van der Waals surface area (Å²) in [6, 6.07) is 21.7. The maximum Gasteiger partial charge on any atom is 0.322 e. The standard InChI is InChI=1S/C29H29Cl2N5O2/c1-18(2)35(29(38)32-24-15-14-22(30)16-23(24)31)17-26(37)33-28-27(21-11-6-5-7-12-21)20(4)34-36(28)25-13-9-8-10-19(25)3/h5-16,18H,17H2,1-4H3,(H,32,38)(H,33,37). The highest BCUT2D eigenvalue weighted by atomic mass is 35.5. The molecule has 2 N–H and O–H groups in total. The molecule has 0 aliphatic carbocycles. The minimum atomic E-state index is -0.453. The van der Waals surface area contributed by atoms with Gasteiger partial charge in [-0.15, -0.1) is 0 Å². The zero-order valence-corrected chi connectivity index (χ0v) is 23.1. The fraction of sp³-hybridized carbons (Fsp3) is 0.207. The molecule has 0 bridgehead atoms. The lowest BCUT2D eigenvalue weighted by Crippen LogP contribution is -2.44. The smallest absolute Gasteiger partial charge is 0.313 e. The fourth-order valence-electron chi connectivity index (χ4n) is 4.16. The number of urea groups is 1. The van der Waals surface area contributed by atoms with Gasteiger partial charge in [0.25, 0.3) is 0 Å². The minimum Gasteiger partial charge on any atom is -0.313 e. The number of halogens is 2. The Morgan fingerprint density at radius 3 is 2.29 bits per heavy atom. The van der Waals surface area contributed by atoms with Crippen molar-refractivity contribution >= 4 is 46.6 Å². The molecule has 0 fully saturated rings. The zero-order valence-electron chi connectivity index (χ0n) is 21.6. The number of aryl methyl sites for hydroxylation is 2. The third-order valence-corrected chi connectivity index (χ3v) is 6.64. The van der Waals surface area contributed by atoms with Crippen molar-refractivity contribution in [3.63, 3.8) is 0 Å². The van der Waals surface area contributed by atoms with Gasteiger partial charge in [0.2, 0.25) is 5.91 Å². The third kappa shape index (κ3) is 6.01. The Hall–Kier alpha value is -3.81. The molecule has 9 heteroatoms. The first-order chi connectivity index (χ1) is 18.2. The highest BCUT2D eigenvalue weighted by molar-refractivity contribution is 6.36. The maximum atomic E-state index is 13.4. The van der Waals surface area contributed by atoms with Gasteiger partial charge >= 0.3 is 6.03 Å². The van der Waals surface area contributed by atoms with E-state index < -0.39 is 6.03 Å². The van der Waals surface area contributed by atoms with E-state index in [9.17, 15) is 9.59 Å². The van der Waals surface area contributed by atoms with Crippen LogP contribution in [0.25, 0.3) is 16.8 Å². The van der Waals surface area contributed by atoms with Gasteiger partial charge in [-0.05, 0) is 63.1 Å². The monoisotopic (exact) mass is 549 g/mol. The number of aromatic nitrogens is 2. The van der Waals surface area contributed by atoms with E-state index in [0.29, 0.717) is 21.6 Å². The summed E-state index contributed by atoms with van der Waals surface area (Å²) in [6.07, 6.45) is 0. The Kier molecular flexibility index (Phi) is 8.39. The Morgan fingerprint density at radius 2 is 1.63 bits per heavy atom. The summed E-state index contributed by atoms with van der Waals surface area (Å²) in [5.74, 6) is 0.181. The summed E-state index contributed by atoms with van der Waals surface area (Å²) in [5.41, 5.74) is 4.78. The van der Waals surface area contributed by atoms with Gasteiger partial charge in [0, 0.05) is 16.6 Å². The first-order valence-electron chi connectivity index (χ1n) is 12.2. The number of nitrogens with one attached hydrogen (secondary N) is 2. The van der Waals surface area contributed by atoms with Crippen LogP contribution in [0, 0.1) is 13.8 Å². The summed E-state index contributed by atoms with van der Waals surface area (Å²) in [4.78, 5) is 28.0. The number of anilines is 2. The van der Waals surface area contributed by atoms with Crippen molar-refractivity contribution in [3.8, 4) is 16.8 Å². The fourth-order valence-corrected chi connectivity index (χ4v) is 4.62. The number of amides is 3. The van der Waals surface area contributed by atoms with Crippen LogP contribution in [0.2, 0.25) is 10.0 Å². The van der Waals surface area contributed by atoms with Crippen LogP contribution in [0.15, 0.2) is 72.8 Å². The second-order valence-corrected chi connectivity index (χ2v) is 10.0. The normalized spacial score (nSPS) is 10.9. The molecule has 196 valence electrons. The van der Waals surface area contributed by atoms with E-state index in [4.69, 9.17) is 28.3 Å². The molecule has 0 saturated carbocycles. The zero-order chi connectivity index (χ0) is 27.4. The van der Waals surface area contributed by atoms with Crippen molar-refractivity contribution in [3.05, 3.63) is 94.1 Å². The number of rotatable bonds is 7. The van der Waals surface area contributed by atoms with Gasteiger partial charge < -0.3 is 15.5 Å². The van der Waals surface area contributed by atoms with E-state index in [1.807, 2.05) is 82.3 Å². The van der Waals surface area contributed by atoms with E-state index in [1.54, 1.807) is 22.9 Å². The Labute approximate surface area is 232 Å². The van der Waals surface area contributed by atoms with E-state index in [2.05, 4.69) is 10.6 Å². The highest BCUT2D eigenvalue weighted by Gasteiger charge is 2.25. The lowest BCUT2D eigenvalue weighted by molar-refractivity contribution is -0.117. The van der Waals surface area contributed by atoms with Crippen LogP contribution in [0.1, 0.15) is 25.1 Å². The summed E-state index contributed by atoms with van der Waals surface area (Å²) in [7, 11) is 0. The van der Waals surface area contributed by atoms with Crippen LogP contribution in [0.3, 0.4) is 0 Å². The van der Waals surface area contributed by atoms with Gasteiger partial charge in [-0.25, -0.2) is 9.48 Å². The molecule has 4 rings (SSSR count). The SMILES string of the molecule is Cc1ccccc1-n1nc(C)c(-c2ccccc2)c1NC(=O)CN(C(=O)Nc1ccc(Cl)cc1Cl)C(C)C. The lowest BCUT2D eigenvalue weighted by atomic mass is 10.1. The lowest BCUT2D eigenvalue weighted by Gasteiger charge is -2.27. The number of carbonyl (C=O) groups is 2. The molecular formula is C29H29Cl2N5O2. The average Bonchev–Trinajstić information content (AvgIpc) is 3.19. The van der Waals surface area contributed by atoms with Crippen LogP contribution in [0.5, 0.6) is 0 Å². The average molecular weight is 550 g/mol. The molecule has 3 amide bonds. The van der Waals surface area contributed by atoms with Crippen molar-refractivity contribution in [1.29, 1.82) is 0 Å². The van der Waals surface area contributed by atoms with E-state index in [-0.39, 0.29) is 18.5 Å². The van der Waals surface area contributed by atoms with E-state index in [1.165, 1.54) is 4.90 Å². The number of para-hydroxylation sites is 1. The highest BCUT2D eigenvalue weighted by Crippen LogP contribution is 2.34. The molecule has 1 heterocycles. The van der Waals surface area contributed by atoms with Gasteiger partial charge in [0.1, 0.15) is 12.4 Å². The van der Waals surface area contributed by atoms with Gasteiger partial charge in [-0.1, -0.05) is 71.7 Å². The van der Waals surface area contributed by atoms with Crippen LogP contribution in [0.4, 0.5) is 16.3 Å². The first-order valence-corrected chi connectivity index (χ1v) is 12.9. The molecular weight excluding hydrogens is 521 g/mol. The Balaban J connectivity index is 1.65. The summed E-state index contributed by atoms with van der Waals surface area (Å²) in [5, 5.41) is 11.4. The number of hydrogen-bond donors (Lipinski definition) is 2. The van der Waals surface area contributed by atoms with E-state index >= 15 is 0 Å². The number of carbonyl (C=O) groups excluding carboxylic acids is 2. The topological polar surface area (TPSA) is 79.3 Å². The number of nitrogens with zero attached hydrogens (tertiary/aromatic N) is 3. The molecule has 0 saturated heterocycles. The van der Waals surface area contributed by atoms with Crippen LogP contribution >= 0.6 is 23.2 Å². The molecule has 3 aromatic carbocycles. The maximum absolute atomic E-state index is 13.4. The van der Waals surface area contributed by atoms with Crippen molar-refractivity contribution < 1.29 is 9.59 Å². The van der Waals surface area contributed by atoms with Crippen LogP contribution < -0.4 is 10.6 Å². The molecule has 0 radical (unpaired) electrons. The first kappa shape index (κ1) is 27.2. The van der Waals surface area contributed by atoms with Gasteiger partial charge in [-0.2, -0.15) is 5.10 Å². The summed E-state index contributed by atoms with van der Waals surface area (Å²) < 4.78 is 1.75. The van der Waals surface area contributed by atoms with Crippen molar-refractivity contribution in [2.24, 2.45) is 0 Å². The molecule has 0 spiro atoms. The molecule has 0 atom stereocenters. The third-order valence-electron chi connectivity index (χ3n) is 6.10. The Bertz CT molecular complexity index is 1470. The van der Waals surface area contributed by atoms with Gasteiger partial charge in [0.15, 0.2) is 0 Å². The molecule has 0 aliphatic heterocycles. The summed E-state index contributed by atoms with van der Waals surface area (Å²) in [6.45, 7) is 7.41. The minimum absolute atomic E-state index is 0.180. The van der Waals surface area contributed by atoms with Crippen LogP contribution in [-0.4, -0.2) is 39.2 Å². The molecule has 0 aliphatic rings. The van der Waals surface area contributed by atoms with Crippen molar-refractivity contribution in [2.45, 2.75) is 33.7 Å². The molecule has 4 aromatic rings. The summed E-state index contributed by atoms with van der Waals surface area (Å²) >= 11 is 12.2. The largest absolute Gasteiger partial charge is 0.322 e. The molecule has 0 unspecified atom stereocenters. The number of benzene rings is 3. The second kappa shape index (κ2) is 11.7. The predicted molar refractivity (Wildman–Crippen MR) is 154 cm³/mol. The van der Waals surface area contributed by atoms with Crippen molar-refractivity contribution in [1.82, 2.24) is 14.7 Å². The van der Waals surface area contributed by atoms with Gasteiger partial charge in [0.05, 0.1) is 22.1 Å². The number of hydrogen-bond acceptors (Lipinski definition) is 3. The molecule has 7 nitrogen and oxygen atoms in total. The molecule has 1 aromatic heterocycles. The van der Waals surface area contributed by atoms with Gasteiger partial charge in [-0.3, -0.25) is 4.79 Å². The quantitative estimate of drug-likeness (QED) is 0.253. The van der Waals surface area contributed by atoms with Crippen molar-refractivity contribution in [2.75, 3.05) is 17.2 Å².